The van der Waals surface area contributed by atoms with E-state index in [4.69, 9.17) is 9.47 Å². The van der Waals surface area contributed by atoms with E-state index in [1.807, 2.05) is 78.3 Å². The molecule has 1 aliphatic rings. The van der Waals surface area contributed by atoms with E-state index in [1.54, 1.807) is 30.2 Å². The highest BCUT2D eigenvalue weighted by atomic mass is 32.2. The van der Waals surface area contributed by atoms with Crippen LogP contribution < -0.4 is 5.32 Å². The lowest BCUT2D eigenvalue weighted by Gasteiger charge is -2.41. The molecule has 4 aromatic rings. The van der Waals surface area contributed by atoms with Gasteiger partial charge in [0.05, 0.1) is 18.8 Å². The normalized spacial score (nSPS) is 21.2. The van der Waals surface area contributed by atoms with Gasteiger partial charge in [0.2, 0.25) is 0 Å². The Labute approximate surface area is 226 Å². The number of amides is 1. The smallest absolute Gasteiger partial charge is 0.255 e. The molecule has 5 rings (SSSR count). The molecule has 196 valence electrons. The average Bonchev–Trinajstić information content (AvgIpc) is 3.37. The third kappa shape index (κ3) is 5.97. The fourth-order valence-electron chi connectivity index (χ4n) is 4.43. The van der Waals surface area contributed by atoms with Crippen molar-refractivity contribution in [2.24, 2.45) is 13.0 Å². The summed E-state index contributed by atoms with van der Waals surface area (Å²) in [5.74, 6) is 0.540. The molecule has 0 bridgehead atoms. The van der Waals surface area contributed by atoms with Gasteiger partial charge in [-0.05, 0) is 35.4 Å². The first-order valence-corrected chi connectivity index (χ1v) is 13.4. The van der Waals surface area contributed by atoms with Crippen LogP contribution in [0.1, 0.15) is 46.4 Å². The van der Waals surface area contributed by atoms with Gasteiger partial charge in [0, 0.05) is 35.5 Å². The van der Waals surface area contributed by atoms with Crippen LogP contribution in [0.4, 0.5) is 5.69 Å². The fourth-order valence-corrected chi connectivity index (χ4v) is 5.48. The Bertz CT molecular complexity index is 1360. The lowest BCUT2D eigenvalue weighted by Crippen LogP contribution is -2.38. The Morgan fingerprint density at radius 3 is 2.53 bits per heavy atom. The minimum absolute atomic E-state index is 0.00838. The Kier molecular flexibility index (Phi) is 8.19. The standard InChI is InChI=1S/C29H30N4O4S/c1-19-25(17-38-29-32-30-18-33(29)2)36-28(37-26(19)21-13-11-20(16-34)12-14-21)23-9-6-10-24(15-23)31-27(35)22-7-4-3-5-8-22/h3-15,18-19,25-26,28,34H,16-17H2,1-2H3,(H,31,35)/t19-,25+,26+,28+/m0/s1. The van der Waals surface area contributed by atoms with Gasteiger partial charge in [-0.25, -0.2) is 0 Å². The van der Waals surface area contributed by atoms with Crippen LogP contribution in [0, 0.1) is 5.92 Å². The molecule has 9 heteroatoms. The number of nitrogens with zero attached hydrogens (tertiary/aromatic N) is 3. The zero-order valence-electron chi connectivity index (χ0n) is 21.2. The average molecular weight is 531 g/mol. The van der Waals surface area contributed by atoms with Crippen LogP contribution in [0.3, 0.4) is 0 Å². The van der Waals surface area contributed by atoms with Crippen molar-refractivity contribution < 1.29 is 19.4 Å². The maximum Gasteiger partial charge on any atom is 0.255 e. The third-order valence-electron chi connectivity index (χ3n) is 6.62. The van der Waals surface area contributed by atoms with E-state index >= 15 is 0 Å². The molecular weight excluding hydrogens is 500 g/mol. The lowest BCUT2D eigenvalue weighted by atomic mass is 9.91. The first-order chi connectivity index (χ1) is 18.5. The lowest BCUT2D eigenvalue weighted by molar-refractivity contribution is -0.268. The van der Waals surface area contributed by atoms with Crippen molar-refractivity contribution in [1.29, 1.82) is 0 Å². The maximum absolute atomic E-state index is 12.7. The summed E-state index contributed by atoms with van der Waals surface area (Å²) in [5.41, 5.74) is 3.93. The highest BCUT2D eigenvalue weighted by Crippen LogP contribution is 2.43. The summed E-state index contributed by atoms with van der Waals surface area (Å²) in [6.45, 7) is 2.12. The van der Waals surface area contributed by atoms with Crippen LogP contribution in [0.15, 0.2) is 90.3 Å². The summed E-state index contributed by atoms with van der Waals surface area (Å²) in [7, 11) is 1.92. The van der Waals surface area contributed by atoms with Crippen molar-refractivity contribution in [3.05, 3.63) is 107 Å². The molecule has 2 N–H and O–H groups in total. The Balaban J connectivity index is 1.39. The second kappa shape index (κ2) is 11.9. The molecule has 8 nitrogen and oxygen atoms in total. The predicted molar refractivity (Wildman–Crippen MR) is 146 cm³/mol. The molecule has 0 unspecified atom stereocenters. The number of thioether (sulfide) groups is 1. The van der Waals surface area contributed by atoms with Crippen molar-refractivity contribution in [1.82, 2.24) is 14.8 Å². The maximum atomic E-state index is 12.7. The minimum Gasteiger partial charge on any atom is -0.392 e. The molecule has 0 radical (unpaired) electrons. The highest BCUT2D eigenvalue weighted by molar-refractivity contribution is 7.99. The number of nitrogens with one attached hydrogen (secondary N) is 1. The second-order valence-corrected chi connectivity index (χ2v) is 10.3. The Hall–Kier alpha value is -3.50. The van der Waals surface area contributed by atoms with Crippen molar-refractivity contribution in [2.75, 3.05) is 11.1 Å². The molecule has 1 aromatic heterocycles. The van der Waals surface area contributed by atoms with Gasteiger partial charge in [-0.1, -0.05) is 73.3 Å². The molecule has 1 saturated heterocycles. The summed E-state index contributed by atoms with van der Waals surface area (Å²) in [5, 5.41) is 21.4. The largest absolute Gasteiger partial charge is 0.392 e. The number of aliphatic hydroxyl groups excluding tert-OH is 1. The van der Waals surface area contributed by atoms with Gasteiger partial charge in [0.1, 0.15) is 6.33 Å². The molecular formula is C29H30N4O4S. The SMILES string of the molecule is C[C@H]1[C@@H](CSc2nncn2C)O[C@@H](c2cccc(NC(=O)c3ccccc3)c2)O[C@H]1c1ccc(CO)cc1. The number of carbonyl (C=O) groups is 1. The molecule has 0 spiro atoms. The number of rotatable bonds is 8. The topological polar surface area (TPSA) is 98.5 Å². The van der Waals surface area contributed by atoms with Crippen LogP contribution in [0.25, 0.3) is 0 Å². The molecule has 1 aliphatic heterocycles. The minimum atomic E-state index is -0.632. The highest BCUT2D eigenvalue weighted by Gasteiger charge is 2.38. The van der Waals surface area contributed by atoms with Gasteiger partial charge in [-0.2, -0.15) is 0 Å². The van der Waals surface area contributed by atoms with Crippen LogP contribution in [0.5, 0.6) is 0 Å². The summed E-state index contributed by atoms with van der Waals surface area (Å²) < 4.78 is 14.9. The fraction of sp³-hybridized carbons (Fsp3) is 0.276. The molecule has 2 heterocycles. The van der Waals surface area contributed by atoms with Crippen molar-refractivity contribution >= 4 is 23.4 Å². The molecule has 38 heavy (non-hydrogen) atoms. The molecule has 4 atom stereocenters. The van der Waals surface area contributed by atoms with E-state index in [2.05, 4.69) is 22.4 Å². The van der Waals surface area contributed by atoms with Crippen molar-refractivity contribution in [2.45, 2.75) is 37.2 Å². The van der Waals surface area contributed by atoms with Gasteiger partial charge < -0.3 is 24.5 Å². The number of ether oxygens (including phenoxy) is 2. The Morgan fingerprint density at radius 1 is 1.03 bits per heavy atom. The third-order valence-corrected chi connectivity index (χ3v) is 7.75. The monoisotopic (exact) mass is 530 g/mol. The number of hydrogen-bond donors (Lipinski definition) is 2. The van der Waals surface area contributed by atoms with Gasteiger partial charge in [0.15, 0.2) is 11.4 Å². The summed E-state index contributed by atoms with van der Waals surface area (Å²) in [6, 6.07) is 24.5. The van der Waals surface area contributed by atoms with E-state index in [0.29, 0.717) is 17.0 Å². The predicted octanol–water partition coefficient (Wildman–Crippen LogP) is 5.14. The molecule has 1 amide bonds. The van der Waals surface area contributed by atoms with E-state index < -0.39 is 6.29 Å². The van der Waals surface area contributed by atoms with Crippen molar-refractivity contribution in [3.63, 3.8) is 0 Å². The molecule has 0 aliphatic carbocycles. The van der Waals surface area contributed by atoms with Crippen LogP contribution in [0.2, 0.25) is 0 Å². The van der Waals surface area contributed by atoms with Crippen LogP contribution in [-0.4, -0.2) is 37.6 Å². The van der Waals surface area contributed by atoms with Gasteiger partial charge in [-0.15, -0.1) is 10.2 Å². The van der Waals surface area contributed by atoms with E-state index in [-0.39, 0.29) is 30.6 Å². The van der Waals surface area contributed by atoms with Gasteiger partial charge >= 0.3 is 0 Å². The Morgan fingerprint density at radius 2 is 1.82 bits per heavy atom. The quantitative estimate of drug-likeness (QED) is 0.304. The zero-order chi connectivity index (χ0) is 26.5. The van der Waals surface area contributed by atoms with Gasteiger partial charge in [0.25, 0.3) is 5.91 Å². The number of anilines is 1. The number of aromatic nitrogens is 3. The van der Waals surface area contributed by atoms with Crippen molar-refractivity contribution in [3.8, 4) is 0 Å². The summed E-state index contributed by atoms with van der Waals surface area (Å²) in [6.07, 6.45) is 0.683. The van der Waals surface area contributed by atoms with E-state index in [1.165, 1.54) is 0 Å². The van der Waals surface area contributed by atoms with E-state index in [0.717, 1.165) is 21.8 Å². The summed E-state index contributed by atoms with van der Waals surface area (Å²) in [4.78, 5) is 12.7. The second-order valence-electron chi connectivity index (χ2n) is 9.30. The number of benzene rings is 3. The number of hydrogen-bond acceptors (Lipinski definition) is 7. The summed E-state index contributed by atoms with van der Waals surface area (Å²) >= 11 is 1.59. The first kappa shape index (κ1) is 26.1. The van der Waals surface area contributed by atoms with Crippen LogP contribution in [-0.2, 0) is 23.1 Å². The first-order valence-electron chi connectivity index (χ1n) is 12.5. The number of carbonyl (C=O) groups excluding carboxylic acids is 1. The molecule has 3 aromatic carbocycles. The zero-order valence-corrected chi connectivity index (χ0v) is 22.0. The number of aryl methyl sites for hydroxylation is 1. The van der Waals surface area contributed by atoms with E-state index in [9.17, 15) is 9.90 Å². The number of aliphatic hydroxyl groups is 1. The van der Waals surface area contributed by atoms with Gasteiger partial charge in [-0.3, -0.25) is 4.79 Å². The molecule has 1 fully saturated rings. The van der Waals surface area contributed by atoms with Crippen LogP contribution >= 0.6 is 11.8 Å². The molecule has 0 saturated carbocycles.